The van der Waals surface area contributed by atoms with E-state index in [1.54, 1.807) is 0 Å². The first-order valence-electron chi connectivity index (χ1n) is 43.9. The van der Waals surface area contributed by atoms with E-state index in [1.807, 2.05) is 48.5 Å². The van der Waals surface area contributed by atoms with Gasteiger partial charge in [0.1, 0.15) is 0 Å². The van der Waals surface area contributed by atoms with Crippen LogP contribution in [0, 0.1) is 47.3 Å². The number of likely N-dealkylation sites (tertiary alicyclic amines) is 3. The molecule has 0 saturated carbocycles. The predicted molar refractivity (Wildman–Crippen MR) is 525 cm³/mol. The van der Waals surface area contributed by atoms with Crippen LogP contribution in [0.25, 0.3) is 0 Å². The average molecular weight is 1750 g/mol. The maximum atomic E-state index is 6.22. The molecule has 0 bridgehead atoms. The maximum Gasteiger partial charge on any atom is 0.0411 e. The van der Waals surface area contributed by atoms with E-state index in [-0.39, 0.29) is 0 Å². The van der Waals surface area contributed by atoms with Crippen molar-refractivity contribution < 1.29 is 0 Å². The Bertz CT molecular complexity index is 5060. The monoisotopic (exact) mass is 1740 g/mol. The van der Waals surface area contributed by atoms with Crippen LogP contribution in [0.5, 0.6) is 0 Å². The summed E-state index contributed by atoms with van der Waals surface area (Å²) in [5.41, 5.74) is 17.2. The highest BCUT2D eigenvalue weighted by atomic mass is 79.9. The molecule has 0 radical (unpaired) electrons. The van der Waals surface area contributed by atoms with Crippen molar-refractivity contribution in [2.75, 3.05) is 99.0 Å². The second-order valence-electron chi connectivity index (χ2n) is 33.3. The zero-order valence-electron chi connectivity index (χ0n) is 70.5. The molecule has 14 aromatic carbocycles. The molecule has 0 aliphatic carbocycles. The van der Waals surface area contributed by atoms with E-state index in [1.165, 1.54) is 86.2 Å². The lowest BCUT2D eigenvalue weighted by Gasteiger charge is -2.30. The Morgan fingerprint density at radius 1 is 0.252 bits per heavy atom. The van der Waals surface area contributed by atoms with Crippen LogP contribution in [0.15, 0.2) is 411 Å². The molecule has 14 aromatic rings. The highest BCUT2D eigenvalue weighted by molar-refractivity contribution is 9.10. The van der Waals surface area contributed by atoms with E-state index < -0.39 is 0 Å². The number of halogens is 4. The van der Waals surface area contributed by atoms with Gasteiger partial charge in [-0.25, -0.2) is 0 Å². The molecule has 0 unspecified atom stereocenters. The van der Waals surface area contributed by atoms with Gasteiger partial charge in [-0.1, -0.05) is 336 Å². The lowest BCUT2D eigenvalue weighted by molar-refractivity contribution is 0.313. The standard InChI is InChI=1S/C31H31ClN2.2C25H28N2.C24H25ClN2.C6H4BrCl/c32-29-16-18-31(19-17-29)34(30-14-8-3-9-15-30)24-28-23-33(21-26-12-6-2-7-13-26)22-27(28)20-25-10-4-1-5-11-25;2*1-4-10-21(11-5-1)16-23-19-27(18-22-12-6-2-7-13-22)20-24(23)17-26-25-14-8-3-9-15-25;25-22-11-13-24(14-12-22)27(23-9-5-2-6-10-23)18-21-17-26-16-20(21)15-19-7-3-1-4-8-19;7-5-1-3-6(8)4-2-5/h1-19,27-28H,20-24H2;2*1-15,23-24,26H,16-20H2;1-14,20-21,26H,15-18H2;1-4H/t27-,28-;2*23-,24+;20-,21-;/m0000./s1. The van der Waals surface area contributed by atoms with Gasteiger partial charge in [-0.2, -0.15) is 0 Å². The molecule has 18 rings (SSSR count). The van der Waals surface area contributed by atoms with Crippen LogP contribution in [0.2, 0.25) is 15.1 Å². The van der Waals surface area contributed by atoms with Gasteiger partial charge in [-0.15, -0.1) is 0 Å². The molecule has 0 aromatic heterocycles. The van der Waals surface area contributed by atoms with Gasteiger partial charge in [0.25, 0.3) is 0 Å². The van der Waals surface area contributed by atoms with Gasteiger partial charge in [-0.3, -0.25) is 14.7 Å². The fourth-order valence-electron chi connectivity index (χ4n) is 18.0. The van der Waals surface area contributed by atoms with Crippen molar-refractivity contribution in [1.82, 2.24) is 20.0 Å². The molecule has 4 aliphatic heterocycles. The molecule has 4 aliphatic rings. The Kier molecular flexibility index (Phi) is 34.6. The molecule has 12 heteroatoms. The molecule has 3 N–H and O–H groups in total. The number of benzene rings is 14. The summed E-state index contributed by atoms with van der Waals surface area (Å²) in [6, 6.07) is 143. The minimum absolute atomic E-state index is 0.555. The Morgan fingerprint density at radius 3 is 0.805 bits per heavy atom. The highest BCUT2D eigenvalue weighted by Crippen LogP contribution is 2.37. The minimum atomic E-state index is 0.555. The summed E-state index contributed by atoms with van der Waals surface area (Å²) in [7, 11) is 0. The van der Waals surface area contributed by atoms with E-state index in [0.29, 0.717) is 47.3 Å². The van der Waals surface area contributed by atoms with Crippen molar-refractivity contribution in [3.63, 3.8) is 0 Å². The van der Waals surface area contributed by atoms with Crippen LogP contribution in [-0.2, 0) is 45.3 Å². The van der Waals surface area contributed by atoms with Crippen LogP contribution < -0.4 is 25.8 Å². The first-order valence-corrected chi connectivity index (χ1v) is 45.8. The fraction of sp³-hybridized carbons (Fsp3) is 0.243. The summed E-state index contributed by atoms with van der Waals surface area (Å²) < 4.78 is 1.06. The first kappa shape index (κ1) is 88.8. The zero-order chi connectivity index (χ0) is 84.3. The van der Waals surface area contributed by atoms with Crippen molar-refractivity contribution >= 4 is 84.9 Å². The normalized spacial score (nSPS) is 18.5. The van der Waals surface area contributed by atoms with E-state index in [2.05, 4.69) is 414 Å². The van der Waals surface area contributed by atoms with E-state index >= 15 is 0 Å². The third-order valence-electron chi connectivity index (χ3n) is 24.3. The quantitative estimate of drug-likeness (QED) is 0.0449. The van der Waals surface area contributed by atoms with Crippen LogP contribution in [-0.4, -0.2) is 93.2 Å². The molecule has 4 heterocycles. The number of nitrogens with one attached hydrogen (secondary N) is 3. The third-order valence-corrected chi connectivity index (χ3v) is 25.6. The van der Waals surface area contributed by atoms with Gasteiger partial charge in [0, 0.05) is 139 Å². The lowest BCUT2D eigenvalue weighted by atomic mass is 9.89. The molecule has 8 nitrogen and oxygen atoms in total. The van der Waals surface area contributed by atoms with E-state index in [4.69, 9.17) is 34.8 Å². The molecule has 0 amide bonds. The van der Waals surface area contributed by atoms with Gasteiger partial charge < -0.3 is 25.8 Å². The van der Waals surface area contributed by atoms with Crippen molar-refractivity contribution in [2.45, 2.75) is 45.3 Å². The number of anilines is 6. The summed E-state index contributed by atoms with van der Waals surface area (Å²) >= 11 is 21.2. The number of hydrogen-bond donors (Lipinski definition) is 3. The molecule has 8 atom stereocenters. The molecule has 4 saturated heterocycles. The molecule has 0 spiro atoms. The highest BCUT2D eigenvalue weighted by Gasteiger charge is 2.37. The number of para-hydroxylation sites is 4. The van der Waals surface area contributed by atoms with Crippen LogP contribution in [0.4, 0.5) is 34.1 Å². The summed E-state index contributed by atoms with van der Waals surface area (Å²) in [5.74, 6) is 5.10. The van der Waals surface area contributed by atoms with Gasteiger partial charge in [0.2, 0.25) is 0 Å². The van der Waals surface area contributed by atoms with Gasteiger partial charge in [0.05, 0.1) is 0 Å². The maximum absolute atomic E-state index is 6.22. The Balaban J connectivity index is 0.000000130. The number of rotatable bonds is 28. The molecule has 4 fully saturated rings. The summed E-state index contributed by atoms with van der Waals surface area (Å²) in [4.78, 5) is 12.8. The Hall–Kier alpha value is -10.5. The van der Waals surface area contributed by atoms with Gasteiger partial charge in [0.15, 0.2) is 0 Å². The Morgan fingerprint density at radius 2 is 0.488 bits per heavy atom. The van der Waals surface area contributed by atoms with Crippen LogP contribution in [0.3, 0.4) is 0 Å². The minimum Gasteiger partial charge on any atom is -0.385 e. The molecule has 628 valence electrons. The Labute approximate surface area is 755 Å². The van der Waals surface area contributed by atoms with Crippen molar-refractivity contribution in [1.29, 1.82) is 0 Å². The topological polar surface area (TPSA) is 52.3 Å². The summed E-state index contributed by atoms with van der Waals surface area (Å²) in [6.07, 6.45) is 4.56. The smallest absolute Gasteiger partial charge is 0.0411 e. The second-order valence-corrected chi connectivity index (χ2v) is 35.5. The first-order chi connectivity index (χ1) is 60.6. The predicted octanol–water partition coefficient (Wildman–Crippen LogP) is 26.3. The molecular formula is C111H116BrCl3N8. The van der Waals surface area contributed by atoms with Gasteiger partial charge >= 0.3 is 0 Å². The van der Waals surface area contributed by atoms with E-state index in [0.717, 1.165) is 130 Å². The van der Waals surface area contributed by atoms with Crippen molar-refractivity contribution in [2.24, 2.45) is 47.3 Å². The summed E-state index contributed by atoms with van der Waals surface area (Å²) in [5, 5.41) is 13.3. The SMILES string of the molecule is Clc1ccc(Br)cc1.Clc1ccc(N(C[C@@H]2CN(Cc3ccccc3)C[C@@H]2Cc2ccccc2)c2ccccc2)cc1.Clc1ccc(N(C[C@@H]2CNC[C@@H]2Cc2ccccc2)c2ccccc2)cc1.c1ccc(C[C@H]2CN(Cc3ccccc3)C[C@H]2CNc2ccccc2)cc1.c1ccc(C[C@H]2CN(Cc3ccccc3)C[C@H]2CNc2ccccc2)cc1. The molecular weight excluding hydrogens is 1630 g/mol. The molecule has 123 heavy (non-hydrogen) atoms. The second kappa shape index (κ2) is 47.9. The van der Waals surface area contributed by atoms with Gasteiger partial charge in [-0.05, 0) is 246 Å². The number of hydrogen-bond acceptors (Lipinski definition) is 8. The van der Waals surface area contributed by atoms with E-state index in [9.17, 15) is 0 Å². The largest absolute Gasteiger partial charge is 0.385 e. The fourth-order valence-corrected chi connectivity index (χ4v) is 18.6. The number of nitrogens with zero attached hydrogens (tertiary/aromatic N) is 5. The van der Waals surface area contributed by atoms with Crippen molar-refractivity contribution in [3.05, 3.63) is 465 Å². The lowest BCUT2D eigenvalue weighted by Crippen LogP contribution is -2.30. The van der Waals surface area contributed by atoms with Crippen LogP contribution >= 0.6 is 50.7 Å². The van der Waals surface area contributed by atoms with Crippen LogP contribution in [0.1, 0.15) is 38.9 Å². The third kappa shape index (κ3) is 28.8. The summed E-state index contributed by atoms with van der Waals surface area (Å²) in [6.45, 7) is 16.2. The van der Waals surface area contributed by atoms with Crippen molar-refractivity contribution in [3.8, 4) is 0 Å². The average Bonchev–Trinajstić information content (AvgIpc) is 1.66. The zero-order valence-corrected chi connectivity index (χ0v) is 74.3.